The highest BCUT2D eigenvalue weighted by molar-refractivity contribution is 5.91. The van der Waals surface area contributed by atoms with Crippen LogP contribution in [-0.2, 0) is 11.0 Å². The third-order valence-corrected chi connectivity index (χ3v) is 5.31. The van der Waals surface area contributed by atoms with E-state index < -0.39 is 11.7 Å². The number of pyridine rings is 1. The molecule has 1 unspecified atom stereocenters. The summed E-state index contributed by atoms with van der Waals surface area (Å²) in [5.41, 5.74) is 1.67. The SMILES string of the molecule is Cc1cccc(/C=C/C(=O)N2CCCC(c3nnc4ccc(C(F)(F)F)cn34)C2)c1. The van der Waals surface area contributed by atoms with E-state index in [1.54, 1.807) is 17.1 Å². The molecule has 3 heterocycles. The number of nitrogens with zero attached hydrogens (tertiary/aromatic N) is 4. The Labute approximate surface area is 171 Å². The Bertz CT molecular complexity index is 1100. The van der Waals surface area contributed by atoms with Crippen LogP contribution in [0.2, 0.25) is 0 Å². The van der Waals surface area contributed by atoms with Gasteiger partial charge in [-0.05, 0) is 43.5 Å². The lowest BCUT2D eigenvalue weighted by atomic mass is 9.97. The Morgan fingerprint density at radius 1 is 1.20 bits per heavy atom. The van der Waals surface area contributed by atoms with Gasteiger partial charge in [-0.2, -0.15) is 13.2 Å². The average molecular weight is 414 g/mol. The van der Waals surface area contributed by atoms with Crippen LogP contribution >= 0.6 is 0 Å². The van der Waals surface area contributed by atoms with Crippen LogP contribution < -0.4 is 0 Å². The highest BCUT2D eigenvalue weighted by Gasteiger charge is 2.32. The number of aryl methyl sites for hydroxylation is 1. The maximum absolute atomic E-state index is 13.1. The van der Waals surface area contributed by atoms with Crippen LogP contribution in [0.1, 0.15) is 41.3 Å². The number of hydrogen-bond acceptors (Lipinski definition) is 3. The molecule has 0 radical (unpaired) electrons. The quantitative estimate of drug-likeness (QED) is 0.594. The van der Waals surface area contributed by atoms with Gasteiger partial charge >= 0.3 is 6.18 Å². The molecular formula is C22H21F3N4O. The molecule has 30 heavy (non-hydrogen) atoms. The number of likely N-dealkylation sites (tertiary alicyclic amines) is 1. The van der Waals surface area contributed by atoms with Crippen LogP contribution in [0.4, 0.5) is 13.2 Å². The second-order valence-corrected chi connectivity index (χ2v) is 7.57. The molecular weight excluding hydrogens is 393 g/mol. The van der Waals surface area contributed by atoms with E-state index in [0.717, 1.165) is 36.2 Å². The summed E-state index contributed by atoms with van der Waals surface area (Å²) in [5, 5.41) is 8.13. The number of carbonyl (C=O) groups is 1. The summed E-state index contributed by atoms with van der Waals surface area (Å²) in [5.74, 6) is 0.163. The van der Waals surface area contributed by atoms with Gasteiger partial charge in [0, 0.05) is 31.3 Å². The van der Waals surface area contributed by atoms with Crippen molar-refractivity contribution in [2.75, 3.05) is 13.1 Å². The highest BCUT2D eigenvalue weighted by Crippen LogP contribution is 2.31. The molecule has 1 aromatic carbocycles. The smallest absolute Gasteiger partial charge is 0.338 e. The molecule has 2 aromatic heterocycles. The zero-order chi connectivity index (χ0) is 21.3. The first-order valence-corrected chi connectivity index (χ1v) is 9.77. The fourth-order valence-electron chi connectivity index (χ4n) is 3.79. The standard InChI is InChI=1S/C22H21F3N4O/c1-15-4-2-5-16(12-15)7-10-20(30)28-11-3-6-17(13-28)21-27-26-19-9-8-18(14-29(19)21)22(23,24)25/h2,4-5,7-10,12,14,17H,3,6,11,13H2,1H3/b10-7+. The molecule has 8 heteroatoms. The number of rotatable bonds is 3. The van der Waals surface area contributed by atoms with Crippen molar-refractivity contribution in [3.8, 4) is 0 Å². The summed E-state index contributed by atoms with van der Waals surface area (Å²) in [6.07, 6.45) is 1.40. The highest BCUT2D eigenvalue weighted by atomic mass is 19.4. The van der Waals surface area contributed by atoms with Gasteiger partial charge in [0.25, 0.3) is 0 Å². The van der Waals surface area contributed by atoms with Gasteiger partial charge < -0.3 is 4.90 Å². The van der Waals surface area contributed by atoms with Gasteiger partial charge in [-0.25, -0.2) is 0 Å². The van der Waals surface area contributed by atoms with Gasteiger partial charge in [0.2, 0.25) is 5.91 Å². The van der Waals surface area contributed by atoms with E-state index in [2.05, 4.69) is 10.2 Å². The normalized spacial score (nSPS) is 17.7. The zero-order valence-electron chi connectivity index (χ0n) is 16.4. The summed E-state index contributed by atoms with van der Waals surface area (Å²) in [4.78, 5) is 14.4. The predicted molar refractivity (Wildman–Crippen MR) is 107 cm³/mol. The summed E-state index contributed by atoms with van der Waals surface area (Å²) in [6, 6.07) is 10.2. The molecule has 5 nitrogen and oxygen atoms in total. The van der Waals surface area contributed by atoms with Crippen molar-refractivity contribution in [3.63, 3.8) is 0 Å². The van der Waals surface area contributed by atoms with Crippen molar-refractivity contribution in [1.29, 1.82) is 0 Å². The maximum Gasteiger partial charge on any atom is 0.417 e. The molecule has 0 N–H and O–H groups in total. The van der Waals surface area contributed by atoms with E-state index >= 15 is 0 Å². The van der Waals surface area contributed by atoms with Crippen LogP contribution in [0.3, 0.4) is 0 Å². The number of benzene rings is 1. The number of amides is 1. The Morgan fingerprint density at radius 2 is 2.03 bits per heavy atom. The van der Waals surface area contributed by atoms with Gasteiger partial charge in [-0.1, -0.05) is 29.8 Å². The fraction of sp³-hybridized carbons (Fsp3) is 0.318. The Hall–Kier alpha value is -3.16. The number of hydrogen-bond donors (Lipinski definition) is 0. The molecule has 156 valence electrons. The molecule has 1 aliphatic heterocycles. The number of fused-ring (bicyclic) bond motifs is 1. The summed E-state index contributed by atoms with van der Waals surface area (Å²) >= 11 is 0. The van der Waals surface area contributed by atoms with Crippen molar-refractivity contribution >= 4 is 17.6 Å². The van der Waals surface area contributed by atoms with Gasteiger partial charge in [0.15, 0.2) is 5.65 Å². The second-order valence-electron chi connectivity index (χ2n) is 7.57. The summed E-state index contributed by atoms with van der Waals surface area (Å²) < 4.78 is 40.7. The second kappa shape index (κ2) is 7.93. The Morgan fingerprint density at radius 3 is 2.80 bits per heavy atom. The molecule has 1 saturated heterocycles. The lowest BCUT2D eigenvalue weighted by Gasteiger charge is -2.31. The predicted octanol–water partition coefficient (Wildman–Crippen LogP) is 4.48. The zero-order valence-corrected chi connectivity index (χ0v) is 16.4. The number of carbonyl (C=O) groups excluding carboxylic acids is 1. The number of aromatic nitrogens is 3. The molecule has 0 spiro atoms. The van der Waals surface area contributed by atoms with Crippen molar-refractivity contribution in [1.82, 2.24) is 19.5 Å². The molecule has 1 amide bonds. The molecule has 0 saturated carbocycles. The third-order valence-electron chi connectivity index (χ3n) is 5.31. The lowest BCUT2D eigenvalue weighted by molar-refractivity contribution is -0.137. The minimum Gasteiger partial charge on any atom is -0.338 e. The van der Waals surface area contributed by atoms with Gasteiger partial charge in [-0.3, -0.25) is 9.20 Å². The molecule has 4 rings (SSSR count). The van der Waals surface area contributed by atoms with E-state index in [1.807, 2.05) is 31.2 Å². The van der Waals surface area contributed by atoms with Crippen molar-refractivity contribution < 1.29 is 18.0 Å². The van der Waals surface area contributed by atoms with Crippen molar-refractivity contribution in [2.45, 2.75) is 31.9 Å². The molecule has 3 aromatic rings. The van der Waals surface area contributed by atoms with Crippen molar-refractivity contribution in [3.05, 3.63) is 71.2 Å². The maximum atomic E-state index is 13.1. The van der Waals surface area contributed by atoms with Crippen molar-refractivity contribution in [2.24, 2.45) is 0 Å². The van der Waals surface area contributed by atoms with Gasteiger partial charge in [0.1, 0.15) is 5.82 Å². The number of halogens is 3. The van der Waals surface area contributed by atoms with E-state index in [4.69, 9.17) is 0 Å². The minimum absolute atomic E-state index is 0.119. The van der Waals surface area contributed by atoms with E-state index in [1.165, 1.54) is 10.5 Å². The summed E-state index contributed by atoms with van der Waals surface area (Å²) in [7, 11) is 0. The first-order valence-electron chi connectivity index (χ1n) is 9.77. The number of alkyl halides is 3. The van der Waals surface area contributed by atoms with Crippen LogP contribution in [0, 0.1) is 6.92 Å². The average Bonchev–Trinajstić information content (AvgIpc) is 3.15. The number of piperidine rings is 1. The molecule has 1 atom stereocenters. The Balaban J connectivity index is 1.53. The van der Waals surface area contributed by atoms with Gasteiger partial charge in [-0.15, -0.1) is 10.2 Å². The van der Waals surface area contributed by atoms with Gasteiger partial charge in [0.05, 0.1) is 5.56 Å². The third kappa shape index (κ3) is 4.22. The van der Waals surface area contributed by atoms with E-state index in [-0.39, 0.29) is 11.8 Å². The summed E-state index contributed by atoms with van der Waals surface area (Å²) in [6.45, 7) is 2.99. The topological polar surface area (TPSA) is 50.5 Å². The first-order chi connectivity index (χ1) is 14.3. The monoisotopic (exact) mass is 414 g/mol. The lowest BCUT2D eigenvalue weighted by Crippen LogP contribution is -2.38. The van der Waals surface area contributed by atoms with Crippen LogP contribution in [-0.4, -0.2) is 38.5 Å². The van der Waals surface area contributed by atoms with E-state index in [9.17, 15) is 18.0 Å². The molecule has 1 fully saturated rings. The molecule has 1 aliphatic rings. The fourth-order valence-corrected chi connectivity index (χ4v) is 3.79. The first kappa shape index (κ1) is 20.1. The minimum atomic E-state index is -4.44. The largest absolute Gasteiger partial charge is 0.417 e. The van der Waals surface area contributed by atoms with Crippen LogP contribution in [0.15, 0.2) is 48.7 Å². The van der Waals surface area contributed by atoms with E-state index in [0.29, 0.717) is 24.6 Å². The molecule has 0 aliphatic carbocycles. The van der Waals surface area contributed by atoms with Crippen LogP contribution in [0.5, 0.6) is 0 Å². The molecule has 0 bridgehead atoms. The Kier molecular flexibility index (Phi) is 5.32. The van der Waals surface area contributed by atoms with Crippen LogP contribution in [0.25, 0.3) is 11.7 Å².